The largest absolute Gasteiger partial charge is 0.510 e. The van der Waals surface area contributed by atoms with Gasteiger partial charge in [0.05, 0.1) is 26.1 Å². The van der Waals surface area contributed by atoms with Crippen LogP contribution in [0.2, 0.25) is 0 Å². The summed E-state index contributed by atoms with van der Waals surface area (Å²) in [6, 6.07) is 5.96. The zero-order valence-corrected chi connectivity index (χ0v) is 20.2. The van der Waals surface area contributed by atoms with Crippen molar-refractivity contribution in [2.24, 2.45) is 5.92 Å². The molecule has 1 unspecified atom stereocenters. The molecule has 0 aliphatic rings. The van der Waals surface area contributed by atoms with E-state index < -0.39 is 26.9 Å². The molecule has 1 atom stereocenters. The maximum Gasteiger partial charge on any atom is 0.510 e. The summed E-state index contributed by atoms with van der Waals surface area (Å²) in [6.07, 6.45) is 0.651. The second kappa shape index (κ2) is 13.1. The monoisotopic (exact) mass is 511 g/mol. The summed E-state index contributed by atoms with van der Waals surface area (Å²) in [7, 11) is -1.65. The van der Waals surface area contributed by atoms with Gasteiger partial charge in [0.15, 0.2) is 11.2 Å². The van der Waals surface area contributed by atoms with Crippen LogP contribution >= 0.6 is 8.38 Å². The Morgan fingerprint density at radius 1 is 1.29 bits per heavy atom. The molecule has 190 valence electrons. The van der Waals surface area contributed by atoms with E-state index in [-0.39, 0.29) is 49.4 Å². The van der Waals surface area contributed by atoms with Crippen molar-refractivity contribution in [1.29, 1.82) is 0 Å². The summed E-state index contributed by atoms with van der Waals surface area (Å²) < 4.78 is 41.8. The topological polar surface area (TPSA) is 153 Å². The van der Waals surface area contributed by atoms with Gasteiger partial charge in [-0.25, -0.2) is 14.2 Å². The number of nitrogens with two attached hydrogens (primary N) is 1. The summed E-state index contributed by atoms with van der Waals surface area (Å²) in [4.78, 5) is 34.0. The maximum absolute atomic E-state index is 13.4. The van der Waals surface area contributed by atoms with Gasteiger partial charge < -0.3 is 29.0 Å². The lowest BCUT2D eigenvalue weighted by atomic mass is 10.2. The number of H-pyrrole nitrogens is 1. The Morgan fingerprint density at radius 2 is 2.11 bits per heavy atom. The number of carbonyl (C=O) groups is 1. The summed E-state index contributed by atoms with van der Waals surface area (Å²) >= 11 is 0. The molecule has 0 amide bonds. The predicted octanol–water partition coefficient (Wildman–Crippen LogP) is 3.13. The van der Waals surface area contributed by atoms with E-state index in [4.69, 9.17) is 29.0 Å². The van der Waals surface area contributed by atoms with Gasteiger partial charge in [-0.2, -0.15) is 4.98 Å². The van der Waals surface area contributed by atoms with Crippen LogP contribution in [0.4, 0.5) is 15.1 Å². The number of benzene rings is 1. The molecule has 12 nitrogen and oxygen atoms in total. The number of nitrogens with one attached hydrogen (secondary N) is 1. The van der Waals surface area contributed by atoms with Crippen molar-refractivity contribution in [2.75, 3.05) is 32.1 Å². The van der Waals surface area contributed by atoms with E-state index in [0.29, 0.717) is 17.8 Å². The predicted molar refractivity (Wildman–Crippen MR) is 125 cm³/mol. The lowest BCUT2D eigenvalue weighted by Crippen LogP contribution is -2.14. The van der Waals surface area contributed by atoms with Gasteiger partial charge in [0.25, 0.3) is 5.56 Å². The van der Waals surface area contributed by atoms with Gasteiger partial charge in [-0.15, -0.1) is 0 Å². The molecule has 0 saturated heterocycles. The van der Waals surface area contributed by atoms with Crippen LogP contribution in [0.25, 0.3) is 11.2 Å². The zero-order chi connectivity index (χ0) is 25.2. The number of hydrogen-bond donors (Lipinski definition) is 2. The number of aromatic amines is 1. The zero-order valence-electron chi connectivity index (χ0n) is 19.3. The Hall–Kier alpha value is -3.12. The van der Waals surface area contributed by atoms with Gasteiger partial charge in [0.1, 0.15) is 12.2 Å². The number of aromatic nitrogens is 4. The van der Waals surface area contributed by atoms with Crippen molar-refractivity contribution < 1.29 is 32.4 Å². The molecule has 1 aromatic carbocycles. The Balaban J connectivity index is 1.51. The molecule has 3 rings (SSSR count). The van der Waals surface area contributed by atoms with Gasteiger partial charge in [0, 0.05) is 6.54 Å². The number of hydrogen-bond acceptors (Lipinski definition) is 10. The second-order valence-corrected chi connectivity index (χ2v) is 9.12. The van der Waals surface area contributed by atoms with Crippen molar-refractivity contribution in [2.45, 2.75) is 27.0 Å². The van der Waals surface area contributed by atoms with E-state index in [1.54, 1.807) is 16.7 Å². The lowest BCUT2D eigenvalue weighted by Gasteiger charge is -2.18. The molecule has 3 aromatic rings. The summed E-state index contributed by atoms with van der Waals surface area (Å²) in [5, 5.41) is 0. The van der Waals surface area contributed by atoms with Crippen LogP contribution in [0.5, 0.6) is 0 Å². The molecule has 0 fully saturated rings. The number of ether oxygens (including phenoxy) is 3. The molecule has 2 heterocycles. The summed E-state index contributed by atoms with van der Waals surface area (Å²) in [5.74, 6) is -0.231. The smallest absolute Gasteiger partial charge is 0.434 e. The Morgan fingerprint density at radius 3 is 2.89 bits per heavy atom. The number of anilines is 1. The van der Waals surface area contributed by atoms with E-state index in [2.05, 4.69) is 15.0 Å². The van der Waals surface area contributed by atoms with Crippen LogP contribution in [0.3, 0.4) is 0 Å². The molecule has 0 saturated carbocycles. The fourth-order valence-electron chi connectivity index (χ4n) is 2.73. The highest BCUT2D eigenvalue weighted by atomic mass is 31.2. The van der Waals surface area contributed by atoms with Crippen LogP contribution in [0.1, 0.15) is 19.4 Å². The highest BCUT2D eigenvalue weighted by molar-refractivity contribution is 7.46. The number of nitrogen functional groups attached to an aromatic ring is 1. The van der Waals surface area contributed by atoms with Crippen LogP contribution < -0.4 is 11.3 Å². The molecule has 0 spiro atoms. The molecule has 2 aromatic heterocycles. The number of nitrogens with zero attached hydrogens (tertiary/aromatic N) is 3. The first kappa shape index (κ1) is 26.5. The van der Waals surface area contributed by atoms with Crippen molar-refractivity contribution >= 4 is 31.6 Å². The number of carbonyl (C=O) groups excluding carboxylic acids is 1. The molecule has 3 N–H and O–H groups in total. The SMILES string of the molecule is CC(C)COC(=O)OCOP(COCCn1cnc2c(=O)[nH]c(N)nc21)OCc1cccc(F)c1. The molecule has 0 radical (unpaired) electrons. The maximum atomic E-state index is 13.4. The minimum atomic E-state index is -1.65. The van der Waals surface area contributed by atoms with Gasteiger partial charge >= 0.3 is 6.16 Å². The number of rotatable bonds is 13. The first-order valence-corrected chi connectivity index (χ1v) is 12.0. The van der Waals surface area contributed by atoms with Crippen molar-refractivity contribution in [3.63, 3.8) is 0 Å². The third kappa shape index (κ3) is 8.55. The first-order valence-electron chi connectivity index (χ1n) is 10.7. The molecule has 35 heavy (non-hydrogen) atoms. The van der Waals surface area contributed by atoms with Crippen LogP contribution in [0.15, 0.2) is 35.4 Å². The van der Waals surface area contributed by atoms with Gasteiger partial charge in [-0.1, -0.05) is 26.0 Å². The minimum absolute atomic E-state index is 0.0141. The third-order valence-corrected chi connectivity index (χ3v) is 5.54. The number of fused-ring (bicyclic) bond motifs is 1. The highest BCUT2D eigenvalue weighted by Gasteiger charge is 2.15. The first-order chi connectivity index (χ1) is 16.8. The van der Waals surface area contributed by atoms with Crippen LogP contribution in [-0.2, 0) is 36.4 Å². The fourth-order valence-corrected chi connectivity index (χ4v) is 3.70. The van der Waals surface area contributed by atoms with Crippen molar-refractivity contribution in [3.8, 4) is 0 Å². The van der Waals surface area contributed by atoms with Crippen molar-refractivity contribution in [1.82, 2.24) is 19.5 Å². The molecular formula is C21H27FN5O7P. The fraction of sp³-hybridized carbons (Fsp3) is 0.429. The minimum Gasteiger partial charge on any atom is -0.434 e. The Bertz CT molecular complexity index is 1170. The van der Waals surface area contributed by atoms with Gasteiger partial charge in [0.2, 0.25) is 21.1 Å². The van der Waals surface area contributed by atoms with E-state index in [0.717, 1.165) is 0 Å². The lowest BCUT2D eigenvalue weighted by molar-refractivity contribution is -0.00337. The second-order valence-electron chi connectivity index (χ2n) is 7.68. The van der Waals surface area contributed by atoms with E-state index in [1.807, 2.05) is 13.8 Å². The standard InChI is InChI=1S/C21H27FN5O7P/c1-14(2)9-31-21(29)32-12-34-35(33-10-15-4-3-5-16(22)8-15)13-30-7-6-27-11-24-17-18(27)25-20(23)26-19(17)28/h3-5,8,11,14H,6-7,9-10,12-13H2,1-2H3,(H3,23,25,26,28). The molecule has 0 aliphatic heterocycles. The van der Waals surface area contributed by atoms with Crippen LogP contribution in [-0.4, -0.2) is 52.0 Å². The third-order valence-electron chi connectivity index (χ3n) is 4.34. The van der Waals surface area contributed by atoms with Crippen LogP contribution in [0, 0.1) is 11.7 Å². The van der Waals surface area contributed by atoms with E-state index in [1.165, 1.54) is 18.5 Å². The quantitative estimate of drug-likeness (QED) is 0.151. The van der Waals surface area contributed by atoms with Gasteiger partial charge in [-0.05, 0) is 23.6 Å². The summed E-state index contributed by atoms with van der Waals surface area (Å²) in [5.41, 5.74) is 6.29. The Labute approximate surface area is 201 Å². The molecule has 0 bridgehead atoms. The molecular weight excluding hydrogens is 484 g/mol. The summed E-state index contributed by atoms with van der Waals surface area (Å²) in [6.45, 7) is 4.24. The van der Waals surface area contributed by atoms with Crippen molar-refractivity contribution in [3.05, 3.63) is 52.3 Å². The van der Waals surface area contributed by atoms with E-state index >= 15 is 0 Å². The van der Waals surface area contributed by atoms with Gasteiger partial charge in [-0.3, -0.25) is 14.3 Å². The Kier molecular flexibility index (Phi) is 9.91. The molecule has 0 aliphatic carbocycles. The average molecular weight is 511 g/mol. The number of imidazole rings is 1. The average Bonchev–Trinajstić information content (AvgIpc) is 3.21. The molecule has 14 heteroatoms. The number of halogens is 1. The van der Waals surface area contributed by atoms with E-state index in [9.17, 15) is 14.0 Å². The highest BCUT2D eigenvalue weighted by Crippen LogP contribution is 2.39. The normalized spacial score (nSPS) is 12.2.